The highest BCUT2D eigenvalue weighted by Gasteiger charge is 2.35. The molecule has 2 amide bonds. The molecule has 1 aliphatic rings. The molecule has 0 radical (unpaired) electrons. The third kappa shape index (κ3) is 6.00. The SMILES string of the molecule is CCOc1cc(/C=C2/SC(=O)N(Cc3cccc4ccccc34)C2=O)cc(I)c1OCc1cccc(C(=O)O)c1. The van der Waals surface area contributed by atoms with Crippen molar-refractivity contribution in [2.24, 2.45) is 0 Å². The Morgan fingerprint density at radius 2 is 1.77 bits per heavy atom. The van der Waals surface area contributed by atoms with E-state index in [0.29, 0.717) is 34.1 Å². The van der Waals surface area contributed by atoms with Gasteiger partial charge in [-0.05, 0) is 99.1 Å². The first-order chi connectivity index (χ1) is 19.3. The van der Waals surface area contributed by atoms with Crippen LogP contribution in [0.5, 0.6) is 11.5 Å². The Morgan fingerprint density at radius 3 is 2.58 bits per heavy atom. The van der Waals surface area contributed by atoms with Gasteiger partial charge in [-0.3, -0.25) is 14.5 Å². The van der Waals surface area contributed by atoms with Gasteiger partial charge in [-0.2, -0.15) is 0 Å². The molecule has 0 saturated carbocycles. The Bertz CT molecular complexity index is 1660. The van der Waals surface area contributed by atoms with Gasteiger partial charge in [-0.1, -0.05) is 54.6 Å². The van der Waals surface area contributed by atoms with Gasteiger partial charge in [0.1, 0.15) is 6.61 Å². The summed E-state index contributed by atoms with van der Waals surface area (Å²) in [6.45, 7) is 2.61. The lowest BCUT2D eigenvalue weighted by atomic mass is 10.0. The van der Waals surface area contributed by atoms with Crippen LogP contribution in [0.15, 0.2) is 83.8 Å². The number of benzene rings is 4. The van der Waals surface area contributed by atoms with Crippen LogP contribution in [0.2, 0.25) is 0 Å². The number of carbonyl (C=O) groups is 3. The van der Waals surface area contributed by atoms with Gasteiger partial charge in [0, 0.05) is 0 Å². The van der Waals surface area contributed by atoms with Crippen molar-refractivity contribution in [3.05, 3.63) is 110 Å². The number of nitrogens with zero attached hydrogens (tertiary/aromatic N) is 1. The molecule has 0 atom stereocenters. The maximum Gasteiger partial charge on any atom is 0.335 e. The molecular weight excluding hydrogens is 641 g/mol. The molecule has 1 N–H and O–H groups in total. The fraction of sp³-hybridized carbons (Fsp3) is 0.129. The third-order valence-corrected chi connectivity index (χ3v) is 7.98. The number of fused-ring (bicyclic) bond motifs is 1. The number of ether oxygens (including phenoxy) is 2. The zero-order valence-corrected chi connectivity index (χ0v) is 24.4. The fourth-order valence-corrected chi connectivity index (χ4v) is 6.03. The molecular formula is C31H24INO6S. The van der Waals surface area contributed by atoms with Gasteiger partial charge in [0.2, 0.25) is 0 Å². The van der Waals surface area contributed by atoms with Gasteiger partial charge in [0.15, 0.2) is 11.5 Å². The van der Waals surface area contributed by atoms with Crippen molar-refractivity contribution in [1.82, 2.24) is 4.90 Å². The molecule has 1 aliphatic heterocycles. The summed E-state index contributed by atoms with van der Waals surface area (Å²) < 4.78 is 12.6. The smallest absolute Gasteiger partial charge is 0.335 e. The van der Waals surface area contributed by atoms with E-state index in [1.54, 1.807) is 30.3 Å². The molecule has 5 rings (SSSR count). The van der Waals surface area contributed by atoms with E-state index in [4.69, 9.17) is 9.47 Å². The van der Waals surface area contributed by atoms with E-state index in [1.165, 1.54) is 11.0 Å². The van der Waals surface area contributed by atoms with Crippen LogP contribution in [0, 0.1) is 3.57 Å². The Balaban J connectivity index is 1.37. The number of imide groups is 1. The Kier molecular flexibility index (Phi) is 8.41. The van der Waals surface area contributed by atoms with Gasteiger partial charge in [0.05, 0.1) is 27.2 Å². The van der Waals surface area contributed by atoms with Crippen molar-refractivity contribution in [3.63, 3.8) is 0 Å². The first-order valence-electron chi connectivity index (χ1n) is 12.5. The average molecular weight is 666 g/mol. The second-order valence-electron chi connectivity index (χ2n) is 8.96. The standard InChI is InChI=1S/C31H24INO6S/c1-2-38-26-15-20(14-25(32)28(26)39-18-19-7-5-10-22(13-19)30(35)36)16-27-29(34)33(31(37)40-27)17-23-11-6-9-21-8-3-4-12-24(21)23/h3-16H,2,17-18H2,1H3,(H,35,36)/b27-16+. The molecule has 4 aromatic rings. The van der Waals surface area contributed by atoms with E-state index in [0.717, 1.165) is 31.7 Å². The molecule has 4 aromatic carbocycles. The van der Waals surface area contributed by atoms with Crippen molar-refractivity contribution in [2.45, 2.75) is 20.1 Å². The molecule has 40 heavy (non-hydrogen) atoms. The van der Waals surface area contributed by atoms with E-state index in [-0.39, 0.29) is 29.9 Å². The summed E-state index contributed by atoms with van der Waals surface area (Å²) in [4.78, 5) is 39.0. The molecule has 0 aliphatic carbocycles. The second kappa shape index (κ2) is 12.1. The van der Waals surface area contributed by atoms with E-state index in [1.807, 2.05) is 55.5 Å². The lowest BCUT2D eigenvalue weighted by Gasteiger charge is -2.15. The average Bonchev–Trinajstić information content (AvgIpc) is 3.20. The summed E-state index contributed by atoms with van der Waals surface area (Å²) in [5.41, 5.74) is 2.50. The first kappa shape index (κ1) is 27.7. The molecule has 1 heterocycles. The van der Waals surface area contributed by atoms with Crippen LogP contribution >= 0.6 is 34.4 Å². The first-order valence-corrected chi connectivity index (χ1v) is 14.4. The number of hydrogen-bond donors (Lipinski definition) is 1. The number of thioether (sulfide) groups is 1. The molecule has 202 valence electrons. The topological polar surface area (TPSA) is 93.1 Å². The number of aromatic carboxylic acids is 1. The van der Waals surface area contributed by atoms with Crippen molar-refractivity contribution in [3.8, 4) is 11.5 Å². The minimum atomic E-state index is -1.00. The Labute approximate surface area is 248 Å². The summed E-state index contributed by atoms with van der Waals surface area (Å²) in [6, 6.07) is 23.9. The second-order valence-corrected chi connectivity index (χ2v) is 11.1. The van der Waals surface area contributed by atoms with E-state index >= 15 is 0 Å². The van der Waals surface area contributed by atoms with E-state index in [9.17, 15) is 19.5 Å². The molecule has 0 aromatic heterocycles. The van der Waals surface area contributed by atoms with Crippen LogP contribution in [0.3, 0.4) is 0 Å². The fourth-order valence-electron chi connectivity index (χ4n) is 4.41. The molecule has 1 fully saturated rings. The highest BCUT2D eigenvalue weighted by Crippen LogP contribution is 2.38. The maximum absolute atomic E-state index is 13.3. The van der Waals surface area contributed by atoms with Crippen LogP contribution in [0.4, 0.5) is 4.79 Å². The Morgan fingerprint density at radius 1 is 1.00 bits per heavy atom. The zero-order chi connectivity index (χ0) is 28.2. The number of amides is 2. The predicted octanol–water partition coefficient (Wildman–Crippen LogP) is 7.36. The number of carboxylic acid groups (broad SMARTS) is 1. The summed E-state index contributed by atoms with van der Waals surface area (Å²) in [5.74, 6) is -0.332. The summed E-state index contributed by atoms with van der Waals surface area (Å²) in [7, 11) is 0. The molecule has 0 spiro atoms. The van der Waals surface area contributed by atoms with Crippen LogP contribution < -0.4 is 9.47 Å². The molecule has 0 bridgehead atoms. The third-order valence-electron chi connectivity index (χ3n) is 6.27. The minimum Gasteiger partial charge on any atom is -0.490 e. The Hall–Kier alpha value is -3.83. The number of hydrogen-bond acceptors (Lipinski definition) is 6. The highest BCUT2D eigenvalue weighted by molar-refractivity contribution is 14.1. The van der Waals surface area contributed by atoms with Gasteiger partial charge < -0.3 is 14.6 Å². The number of carboxylic acids is 1. The van der Waals surface area contributed by atoms with Crippen LogP contribution in [-0.2, 0) is 17.9 Å². The summed E-state index contributed by atoms with van der Waals surface area (Å²) in [6.07, 6.45) is 1.69. The van der Waals surface area contributed by atoms with Gasteiger partial charge >= 0.3 is 5.97 Å². The van der Waals surface area contributed by atoms with Gasteiger partial charge in [0.25, 0.3) is 11.1 Å². The van der Waals surface area contributed by atoms with Crippen LogP contribution in [0.1, 0.15) is 34.0 Å². The normalized spacial score (nSPS) is 14.2. The number of carbonyl (C=O) groups excluding carboxylic acids is 2. The van der Waals surface area contributed by atoms with Crippen molar-refractivity contribution in [1.29, 1.82) is 0 Å². The van der Waals surface area contributed by atoms with Crippen LogP contribution in [0.25, 0.3) is 16.8 Å². The largest absolute Gasteiger partial charge is 0.490 e. The molecule has 7 nitrogen and oxygen atoms in total. The van der Waals surface area contributed by atoms with Crippen molar-refractivity contribution >= 4 is 68.3 Å². The monoisotopic (exact) mass is 665 g/mol. The lowest BCUT2D eigenvalue weighted by molar-refractivity contribution is -0.123. The molecule has 1 saturated heterocycles. The summed E-state index contributed by atoms with van der Waals surface area (Å²) in [5, 5.41) is 11.0. The van der Waals surface area contributed by atoms with E-state index in [2.05, 4.69) is 22.6 Å². The van der Waals surface area contributed by atoms with Crippen LogP contribution in [-0.4, -0.2) is 33.7 Å². The molecule has 9 heteroatoms. The highest BCUT2D eigenvalue weighted by atomic mass is 127. The predicted molar refractivity (Wildman–Crippen MR) is 164 cm³/mol. The number of halogens is 1. The zero-order valence-electron chi connectivity index (χ0n) is 21.4. The van der Waals surface area contributed by atoms with Crippen molar-refractivity contribution in [2.75, 3.05) is 6.61 Å². The lowest BCUT2D eigenvalue weighted by Crippen LogP contribution is -2.27. The van der Waals surface area contributed by atoms with Gasteiger partial charge in [-0.15, -0.1) is 0 Å². The summed E-state index contributed by atoms with van der Waals surface area (Å²) >= 11 is 3.05. The minimum absolute atomic E-state index is 0.156. The molecule has 0 unspecified atom stereocenters. The number of rotatable bonds is 9. The van der Waals surface area contributed by atoms with E-state index < -0.39 is 5.97 Å². The maximum atomic E-state index is 13.3. The van der Waals surface area contributed by atoms with Crippen molar-refractivity contribution < 1.29 is 29.0 Å². The van der Waals surface area contributed by atoms with Gasteiger partial charge in [-0.25, -0.2) is 4.79 Å². The quantitative estimate of drug-likeness (QED) is 0.148.